The first-order valence-electron chi connectivity index (χ1n) is 9.15. The van der Waals surface area contributed by atoms with E-state index in [1.165, 1.54) is 6.42 Å². The van der Waals surface area contributed by atoms with Crippen molar-refractivity contribution in [2.45, 2.75) is 31.9 Å². The summed E-state index contributed by atoms with van der Waals surface area (Å²) < 4.78 is 11.7. The molecule has 4 rings (SSSR count). The molecular weight excluding hydrogens is 362 g/mol. The quantitative estimate of drug-likeness (QED) is 0.658. The molecule has 2 aromatic heterocycles. The van der Waals surface area contributed by atoms with Crippen LogP contribution in [0.2, 0.25) is 5.15 Å². The van der Waals surface area contributed by atoms with Crippen LogP contribution in [0.3, 0.4) is 0 Å². The van der Waals surface area contributed by atoms with Gasteiger partial charge < -0.3 is 14.8 Å². The molecule has 3 heterocycles. The maximum atomic E-state index is 6.34. The molecule has 2 unspecified atom stereocenters. The summed E-state index contributed by atoms with van der Waals surface area (Å²) >= 11 is 6.34. The molecule has 1 fully saturated rings. The van der Waals surface area contributed by atoms with E-state index in [1.54, 1.807) is 13.3 Å². The average Bonchev–Trinajstić information content (AvgIpc) is 3.23. The fraction of sp³-hybridized carbons (Fsp3) is 0.333. The Hall–Kier alpha value is -2.37. The van der Waals surface area contributed by atoms with Crippen LogP contribution >= 0.6 is 11.6 Å². The van der Waals surface area contributed by atoms with Gasteiger partial charge in [-0.3, -0.25) is 4.98 Å². The van der Waals surface area contributed by atoms with Gasteiger partial charge in [-0.1, -0.05) is 11.6 Å². The molecule has 0 spiro atoms. The Balaban J connectivity index is 1.64. The van der Waals surface area contributed by atoms with Crippen molar-refractivity contribution in [2.24, 2.45) is 0 Å². The first-order valence-corrected chi connectivity index (χ1v) is 9.53. The predicted molar refractivity (Wildman–Crippen MR) is 108 cm³/mol. The standard InChI is InChI=1S/C21H22ClN3O2/c1-13(16-6-4-10-23-16)27-19-8-7-14(11-20(19)26-2)17-12-18-15(21(22)25-17)5-3-9-24-18/h3,5,7-9,11-13,16,23H,4,6,10H2,1-2H3. The number of rotatable bonds is 5. The molecule has 1 aliphatic rings. The largest absolute Gasteiger partial charge is 0.493 e. The molecule has 27 heavy (non-hydrogen) atoms. The van der Waals surface area contributed by atoms with Crippen molar-refractivity contribution in [3.05, 3.63) is 47.7 Å². The Bertz CT molecular complexity index is 957. The summed E-state index contributed by atoms with van der Waals surface area (Å²) in [5.74, 6) is 1.41. The van der Waals surface area contributed by atoms with Gasteiger partial charge in [0.05, 0.1) is 18.3 Å². The zero-order chi connectivity index (χ0) is 18.8. The van der Waals surface area contributed by atoms with Crippen molar-refractivity contribution in [1.29, 1.82) is 0 Å². The molecule has 3 aromatic rings. The van der Waals surface area contributed by atoms with Crippen LogP contribution in [-0.4, -0.2) is 35.8 Å². The van der Waals surface area contributed by atoms with Gasteiger partial charge in [0.2, 0.25) is 0 Å². The highest BCUT2D eigenvalue weighted by molar-refractivity contribution is 6.34. The summed E-state index contributed by atoms with van der Waals surface area (Å²) in [5, 5.41) is 4.76. The first kappa shape index (κ1) is 18.0. The summed E-state index contributed by atoms with van der Waals surface area (Å²) in [5.41, 5.74) is 2.47. The third-order valence-corrected chi connectivity index (χ3v) is 5.28. The average molecular weight is 384 g/mol. The predicted octanol–water partition coefficient (Wildman–Crippen LogP) is 4.48. The summed E-state index contributed by atoms with van der Waals surface area (Å²) in [4.78, 5) is 8.90. The molecule has 0 amide bonds. The molecule has 6 heteroatoms. The normalized spacial score (nSPS) is 17.8. The van der Waals surface area contributed by atoms with Gasteiger partial charge in [-0.05, 0) is 62.7 Å². The second-order valence-corrected chi connectivity index (χ2v) is 7.12. The molecule has 0 radical (unpaired) electrons. The van der Waals surface area contributed by atoms with E-state index in [9.17, 15) is 0 Å². The number of halogens is 1. The monoisotopic (exact) mass is 383 g/mol. The third-order valence-electron chi connectivity index (χ3n) is 4.99. The van der Waals surface area contributed by atoms with Gasteiger partial charge in [-0.25, -0.2) is 4.98 Å². The van der Waals surface area contributed by atoms with Crippen LogP contribution in [0.4, 0.5) is 0 Å². The highest BCUT2D eigenvalue weighted by Crippen LogP contribution is 2.34. The number of aromatic nitrogens is 2. The topological polar surface area (TPSA) is 56.3 Å². The van der Waals surface area contributed by atoms with E-state index in [4.69, 9.17) is 21.1 Å². The lowest BCUT2D eigenvalue weighted by Crippen LogP contribution is -2.36. The van der Waals surface area contributed by atoms with Crippen LogP contribution in [0.15, 0.2) is 42.6 Å². The summed E-state index contributed by atoms with van der Waals surface area (Å²) in [6.07, 6.45) is 4.15. The van der Waals surface area contributed by atoms with E-state index in [0.29, 0.717) is 16.9 Å². The van der Waals surface area contributed by atoms with Crippen molar-refractivity contribution in [3.8, 4) is 22.8 Å². The zero-order valence-corrected chi connectivity index (χ0v) is 16.2. The zero-order valence-electron chi connectivity index (χ0n) is 15.4. The molecular formula is C21H22ClN3O2. The summed E-state index contributed by atoms with van der Waals surface area (Å²) in [7, 11) is 1.65. The molecule has 0 saturated carbocycles. The Morgan fingerprint density at radius 1 is 1.22 bits per heavy atom. The van der Waals surface area contributed by atoms with Gasteiger partial charge >= 0.3 is 0 Å². The molecule has 0 bridgehead atoms. The van der Waals surface area contributed by atoms with Crippen LogP contribution in [0.1, 0.15) is 19.8 Å². The van der Waals surface area contributed by atoms with Crippen LogP contribution in [-0.2, 0) is 0 Å². The van der Waals surface area contributed by atoms with E-state index in [1.807, 2.05) is 36.4 Å². The van der Waals surface area contributed by atoms with Crippen LogP contribution < -0.4 is 14.8 Å². The van der Waals surface area contributed by atoms with Gasteiger partial charge in [0.25, 0.3) is 0 Å². The number of hydrogen-bond donors (Lipinski definition) is 1. The van der Waals surface area contributed by atoms with Gasteiger partial charge in [0.15, 0.2) is 11.5 Å². The Kier molecular flexibility index (Phi) is 5.14. The number of benzene rings is 1. The third kappa shape index (κ3) is 3.70. The lowest BCUT2D eigenvalue weighted by atomic mass is 10.1. The minimum atomic E-state index is 0.0738. The lowest BCUT2D eigenvalue weighted by Gasteiger charge is -2.22. The Morgan fingerprint density at radius 3 is 2.89 bits per heavy atom. The first-order chi connectivity index (χ1) is 13.2. The van der Waals surface area contributed by atoms with Gasteiger partial charge in [0, 0.05) is 23.2 Å². The van der Waals surface area contributed by atoms with Crippen molar-refractivity contribution in [2.75, 3.05) is 13.7 Å². The molecule has 1 N–H and O–H groups in total. The maximum Gasteiger partial charge on any atom is 0.161 e. The number of pyridine rings is 2. The molecule has 140 valence electrons. The molecule has 1 aromatic carbocycles. The number of hydrogen-bond acceptors (Lipinski definition) is 5. The SMILES string of the molecule is COc1cc(-c2cc3ncccc3c(Cl)n2)ccc1OC(C)C1CCCN1. The van der Waals surface area contributed by atoms with Crippen LogP contribution in [0.25, 0.3) is 22.2 Å². The fourth-order valence-electron chi connectivity index (χ4n) is 3.50. The maximum absolute atomic E-state index is 6.34. The minimum Gasteiger partial charge on any atom is -0.493 e. The number of nitrogens with zero attached hydrogens (tertiary/aromatic N) is 2. The number of fused-ring (bicyclic) bond motifs is 1. The number of nitrogens with one attached hydrogen (secondary N) is 1. The van der Waals surface area contributed by atoms with Crippen molar-refractivity contribution in [3.63, 3.8) is 0 Å². The van der Waals surface area contributed by atoms with Gasteiger partial charge in [-0.2, -0.15) is 0 Å². The molecule has 5 nitrogen and oxygen atoms in total. The van der Waals surface area contributed by atoms with Gasteiger partial charge in [0.1, 0.15) is 11.3 Å². The fourth-order valence-corrected chi connectivity index (χ4v) is 3.75. The van der Waals surface area contributed by atoms with E-state index in [-0.39, 0.29) is 6.10 Å². The lowest BCUT2D eigenvalue weighted by molar-refractivity contribution is 0.173. The van der Waals surface area contributed by atoms with Gasteiger partial charge in [-0.15, -0.1) is 0 Å². The number of ether oxygens (including phenoxy) is 2. The molecule has 2 atom stereocenters. The van der Waals surface area contributed by atoms with Crippen molar-refractivity contribution in [1.82, 2.24) is 15.3 Å². The van der Waals surface area contributed by atoms with Crippen LogP contribution in [0.5, 0.6) is 11.5 Å². The van der Waals surface area contributed by atoms with Crippen molar-refractivity contribution >= 4 is 22.5 Å². The highest BCUT2D eigenvalue weighted by atomic mass is 35.5. The van der Waals surface area contributed by atoms with Crippen molar-refractivity contribution < 1.29 is 9.47 Å². The molecule has 0 aliphatic carbocycles. The van der Waals surface area contributed by atoms with E-state index >= 15 is 0 Å². The minimum absolute atomic E-state index is 0.0738. The van der Waals surface area contributed by atoms with E-state index < -0.39 is 0 Å². The smallest absolute Gasteiger partial charge is 0.161 e. The van der Waals surface area contributed by atoms with E-state index in [2.05, 4.69) is 22.2 Å². The second-order valence-electron chi connectivity index (χ2n) is 6.76. The highest BCUT2D eigenvalue weighted by Gasteiger charge is 2.23. The van der Waals surface area contributed by atoms with E-state index in [0.717, 1.165) is 40.9 Å². The Labute approximate surface area is 163 Å². The second kappa shape index (κ2) is 7.71. The molecule has 1 aliphatic heterocycles. The molecule has 1 saturated heterocycles. The summed E-state index contributed by atoms with van der Waals surface area (Å²) in [6, 6.07) is 11.9. The Morgan fingerprint density at radius 2 is 2.11 bits per heavy atom. The van der Waals surface area contributed by atoms with Crippen LogP contribution in [0, 0.1) is 0 Å². The summed E-state index contributed by atoms with van der Waals surface area (Å²) in [6.45, 7) is 3.14. The number of methoxy groups -OCH3 is 1.